The molecule has 4 rings (SSSR count). The van der Waals surface area contributed by atoms with Crippen LogP contribution in [0.25, 0.3) is 0 Å². The Bertz CT molecular complexity index is 858. The van der Waals surface area contributed by atoms with E-state index in [1.165, 1.54) is 13.1 Å². The van der Waals surface area contributed by atoms with E-state index in [0.717, 1.165) is 13.2 Å². The highest BCUT2D eigenvalue weighted by Crippen LogP contribution is 2.52. The summed E-state index contributed by atoms with van der Waals surface area (Å²) in [6.07, 6.45) is -0.562. The lowest BCUT2D eigenvalue weighted by atomic mass is 9.99. The summed E-state index contributed by atoms with van der Waals surface area (Å²) < 4.78 is 5.38. The van der Waals surface area contributed by atoms with Gasteiger partial charge in [-0.2, -0.15) is 0 Å². The molecule has 1 aromatic carbocycles. The number of aliphatic hydroxyl groups excluding tert-OH is 1. The Hall–Kier alpha value is -2.57. The molecule has 0 bridgehead atoms. The van der Waals surface area contributed by atoms with E-state index in [-0.39, 0.29) is 17.4 Å². The van der Waals surface area contributed by atoms with E-state index in [2.05, 4.69) is 10.3 Å². The third-order valence-corrected chi connectivity index (χ3v) is 5.57. The number of ether oxygens (including phenoxy) is 1. The molecule has 1 saturated heterocycles. The van der Waals surface area contributed by atoms with Gasteiger partial charge in [-0.15, -0.1) is 0 Å². The zero-order valence-electron chi connectivity index (χ0n) is 15.1. The fraction of sp³-hybridized carbons (Fsp3) is 0.381. The molecule has 27 heavy (non-hydrogen) atoms. The van der Waals surface area contributed by atoms with Gasteiger partial charge in [-0.3, -0.25) is 9.59 Å². The highest BCUT2D eigenvalue weighted by Gasteiger charge is 2.54. The molecular formula is C21H22N2O4. The largest absolute Gasteiger partial charge is 0.382 e. The molecular weight excluding hydrogens is 344 g/mol. The van der Waals surface area contributed by atoms with Gasteiger partial charge in [-0.1, -0.05) is 30.3 Å². The number of aliphatic hydroxyl groups is 1. The van der Waals surface area contributed by atoms with Crippen LogP contribution < -0.4 is 5.32 Å². The number of hydrogen-bond donors (Lipinski definition) is 2. The molecule has 1 amide bonds. The Labute approximate surface area is 157 Å². The normalized spacial score (nSPS) is 24.1. The average molecular weight is 366 g/mol. The van der Waals surface area contributed by atoms with Crippen molar-refractivity contribution >= 4 is 11.7 Å². The summed E-state index contributed by atoms with van der Waals surface area (Å²) in [7, 11) is 1.51. The summed E-state index contributed by atoms with van der Waals surface area (Å²) in [5.41, 5.74) is 1.50. The quantitative estimate of drug-likeness (QED) is 0.764. The van der Waals surface area contributed by atoms with Crippen LogP contribution >= 0.6 is 0 Å². The SMILES string of the molecule is CNC(=O)c1cc(C(=O)CC2[C@H]3COC[C@@H]23)cc([C@@H](O)c2ccccc2)n1. The van der Waals surface area contributed by atoms with Crippen LogP contribution in [0.2, 0.25) is 0 Å². The smallest absolute Gasteiger partial charge is 0.269 e. The van der Waals surface area contributed by atoms with Crippen LogP contribution in [0.3, 0.4) is 0 Å². The Morgan fingerprint density at radius 1 is 1.22 bits per heavy atom. The maximum absolute atomic E-state index is 12.8. The molecule has 2 aromatic rings. The van der Waals surface area contributed by atoms with Crippen molar-refractivity contribution in [2.45, 2.75) is 12.5 Å². The maximum atomic E-state index is 12.8. The number of Topliss-reactive ketones (excluding diaryl/α,β-unsaturated/α-hetero) is 1. The second-order valence-electron chi connectivity index (χ2n) is 7.21. The van der Waals surface area contributed by atoms with Gasteiger partial charge in [0.2, 0.25) is 0 Å². The number of benzene rings is 1. The molecule has 2 fully saturated rings. The first kappa shape index (κ1) is 17.8. The van der Waals surface area contributed by atoms with Gasteiger partial charge in [0, 0.05) is 19.0 Å². The molecule has 0 radical (unpaired) electrons. The number of fused-ring (bicyclic) bond motifs is 1. The third kappa shape index (κ3) is 3.50. The summed E-state index contributed by atoms with van der Waals surface area (Å²) in [4.78, 5) is 29.2. The highest BCUT2D eigenvalue weighted by atomic mass is 16.5. The van der Waals surface area contributed by atoms with E-state index in [0.29, 0.717) is 41.0 Å². The van der Waals surface area contributed by atoms with Crippen molar-refractivity contribution in [1.29, 1.82) is 0 Å². The van der Waals surface area contributed by atoms with Crippen LogP contribution in [0.4, 0.5) is 0 Å². The number of aromatic nitrogens is 1. The first-order valence-electron chi connectivity index (χ1n) is 9.16. The molecule has 1 aliphatic carbocycles. The third-order valence-electron chi connectivity index (χ3n) is 5.57. The predicted octanol–water partition coefficient (Wildman–Crippen LogP) is 1.99. The maximum Gasteiger partial charge on any atom is 0.269 e. The summed E-state index contributed by atoms with van der Waals surface area (Å²) in [6, 6.07) is 12.2. The summed E-state index contributed by atoms with van der Waals surface area (Å²) in [5, 5.41) is 13.2. The minimum Gasteiger partial charge on any atom is -0.382 e. The Morgan fingerprint density at radius 2 is 1.93 bits per heavy atom. The lowest BCUT2D eigenvalue weighted by molar-refractivity contribution is 0.0950. The monoisotopic (exact) mass is 366 g/mol. The molecule has 6 heteroatoms. The van der Waals surface area contributed by atoms with E-state index >= 15 is 0 Å². The second kappa shape index (κ2) is 7.21. The molecule has 1 aromatic heterocycles. The van der Waals surface area contributed by atoms with Gasteiger partial charge >= 0.3 is 0 Å². The van der Waals surface area contributed by atoms with Crippen molar-refractivity contribution in [3.05, 3.63) is 65.0 Å². The number of rotatable bonds is 6. The highest BCUT2D eigenvalue weighted by molar-refractivity contribution is 6.00. The van der Waals surface area contributed by atoms with Gasteiger partial charge < -0.3 is 15.2 Å². The molecule has 2 aliphatic rings. The first-order chi connectivity index (χ1) is 13.1. The van der Waals surface area contributed by atoms with Gasteiger partial charge in [0.1, 0.15) is 11.8 Å². The van der Waals surface area contributed by atoms with E-state index in [1.807, 2.05) is 18.2 Å². The van der Waals surface area contributed by atoms with Crippen LogP contribution in [-0.2, 0) is 4.74 Å². The molecule has 1 unspecified atom stereocenters. The Kier molecular flexibility index (Phi) is 4.76. The lowest BCUT2D eigenvalue weighted by Crippen LogP contribution is -2.21. The standard InChI is InChI=1S/C21H22N2O4/c1-22-21(26)18-8-13(19(24)9-14-15-10-27-11-16(14)15)7-17(23-18)20(25)12-5-3-2-4-6-12/h2-8,14-16,20,25H,9-11H2,1H3,(H,22,26)/t14?,15-,16+,20-/m0/s1. The molecule has 2 heterocycles. The van der Waals surface area contributed by atoms with Crippen molar-refractivity contribution in [3.8, 4) is 0 Å². The number of ketones is 1. The fourth-order valence-corrected chi connectivity index (χ4v) is 3.90. The molecule has 2 N–H and O–H groups in total. The van der Waals surface area contributed by atoms with Gasteiger partial charge in [0.25, 0.3) is 5.91 Å². The molecule has 4 atom stereocenters. The van der Waals surface area contributed by atoms with Gasteiger partial charge in [-0.05, 0) is 35.4 Å². The Morgan fingerprint density at radius 3 is 2.59 bits per heavy atom. The summed E-state index contributed by atoms with van der Waals surface area (Å²) in [5.74, 6) is 0.934. The van der Waals surface area contributed by atoms with Crippen molar-refractivity contribution in [3.63, 3.8) is 0 Å². The van der Waals surface area contributed by atoms with Crippen LogP contribution in [0.5, 0.6) is 0 Å². The number of pyridine rings is 1. The molecule has 140 valence electrons. The number of nitrogens with one attached hydrogen (secondary N) is 1. The average Bonchev–Trinajstić information content (AvgIpc) is 3.13. The van der Waals surface area contributed by atoms with Crippen molar-refractivity contribution < 1.29 is 19.4 Å². The minimum absolute atomic E-state index is 0.0246. The molecule has 6 nitrogen and oxygen atoms in total. The molecule has 1 saturated carbocycles. The van der Waals surface area contributed by atoms with E-state index in [9.17, 15) is 14.7 Å². The summed E-state index contributed by atoms with van der Waals surface area (Å²) in [6.45, 7) is 1.47. The van der Waals surface area contributed by atoms with Gasteiger partial charge in [-0.25, -0.2) is 4.98 Å². The topological polar surface area (TPSA) is 88.5 Å². The zero-order chi connectivity index (χ0) is 19.0. The van der Waals surface area contributed by atoms with Gasteiger partial charge in [0.05, 0.1) is 18.9 Å². The lowest BCUT2D eigenvalue weighted by Gasteiger charge is -2.14. The van der Waals surface area contributed by atoms with Crippen LogP contribution in [0, 0.1) is 17.8 Å². The van der Waals surface area contributed by atoms with Crippen LogP contribution in [0.1, 0.15) is 44.6 Å². The predicted molar refractivity (Wildman–Crippen MR) is 98.4 cm³/mol. The fourth-order valence-electron chi connectivity index (χ4n) is 3.90. The Balaban J connectivity index is 1.62. The van der Waals surface area contributed by atoms with Crippen LogP contribution in [-0.4, -0.2) is 42.0 Å². The zero-order valence-corrected chi connectivity index (χ0v) is 15.1. The number of carbonyl (C=O) groups is 2. The van der Waals surface area contributed by atoms with Crippen molar-refractivity contribution in [1.82, 2.24) is 10.3 Å². The van der Waals surface area contributed by atoms with Crippen molar-refractivity contribution in [2.24, 2.45) is 17.8 Å². The van der Waals surface area contributed by atoms with E-state index in [1.54, 1.807) is 18.2 Å². The van der Waals surface area contributed by atoms with Crippen molar-refractivity contribution in [2.75, 3.05) is 20.3 Å². The van der Waals surface area contributed by atoms with Gasteiger partial charge in [0.15, 0.2) is 5.78 Å². The number of hydrogen-bond acceptors (Lipinski definition) is 5. The molecule has 0 spiro atoms. The minimum atomic E-state index is -1.00. The number of nitrogens with zero attached hydrogens (tertiary/aromatic N) is 1. The van der Waals surface area contributed by atoms with E-state index in [4.69, 9.17) is 4.74 Å². The first-order valence-corrected chi connectivity index (χ1v) is 9.16. The van der Waals surface area contributed by atoms with E-state index < -0.39 is 6.10 Å². The number of carbonyl (C=O) groups excluding carboxylic acids is 2. The molecule has 1 aliphatic heterocycles. The second-order valence-corrected chi connectivity index (χ2v) is 7.21. The summed E-state index contributed by atoms with van der Waals surface area (Å²) >= 11 is 0. The number of amides is 1. The van der Waals surface area contributed by atoms with Crippen LogP contribution in [0.15, 0.2) is 42.5 Å².